The maximum atomic E-state index is 5.80. The Kier molecular flexibility index (Phi) is 7.90. The molecule has 0 aliphatic rings. The van der Waals surface area contributed by atoms with Gasteiger partial charge in [-0.05, 0) is 31.0 Å². The average molecular weight is 315 g/mol. The molecule has 0 atom stereocenters. The molecule has 0 saturated heterocycles. The van der Waals surface area contributed by atoms with E-state index in [0.717, 1.165) is 29.9 Å². The number of rotatable bonds is 9. The van der Waals surface area contributed by atoms with Crippen molar-refractivity contribution in [3.05, 3.63) is 23.8 Å². The first-order valence-electron chi connectivity index (χ1n) is 6.76. The van der Waals surface area contributed by atoms with E-state index in [-0.39, 0.29) is 0 Å². The molecular weight excluding hydrogens is 292 g/mol. The van der Waals surface area contributed by atoms with Crippen LogP contribution in [0.5, 0.6) is 11.5 Å². The summed E-state index contributed by atoms with van der Waals surface area (Å²) in [5, 5.41) is 0.837. The molecule has 1 rings (SSSR count). The van der Waals surface area contributed by atoms with Crippen LogP contribution in [-0.2, 0) is 5.33 Å². The molecule has 0 fully saturated rings. The maximum absolute atomic E-state index is 5.80. The fourth-order valence-electron chi connectivity index (χ4n) is 1.73. The highest BCUT2D eigenvalue weighted by atomic mass is 79.9. The molecule has 2 nitrogen and oxygen atoms in total. The van der Waals surface area contributed by atoms with Crippen molar-refractivity contribution in [1.29, 1.82) is 0 Å². The molecule has 0 spiro atoms. The number of ether oxygens (including phenoxy) is 2. The molecule has 0 heterocycles. The maximum Gasteiger partial charge on any atom is 0.161 e. The number of alkyl halides is 1. The van der Waals surface area contributed by atoms with E-state index in [2.05, 4.69) is 28.9 Å². The molecule has 0 aliphatic heterocycles. The van der Waals surface area contributed by atoms with Gasteiger partial charge in [0.2, 0.25) is 0 Å². The lowest BCUT2D eigenvalue weighted by Gasteiger charge is -2.12. The molecule has 0 bridgehead atoms. The molecular formula is C15H23BrO2. The molecule has 0 aromatic heterocycles. The third-order valence-corrected chi connectivity index (χ3v) is 3.37. The van der Waals surface area contributed by atoms with Crippen LogP contribution in [0.4, 0.5) is 0 Å². The Balaban J connectivity index is 2.52. The highest BCUT2D eigenvalue weighted by molar-refractivity contribution is 9.08. The smallest absolute Gasteiger partial charge is 0.161 e. The first kappa shape index (κ1) is 15.4. The van der Waals surface area contributed by atoms with Crippen molar-refractivity contribution in [2.24, 2.45) is 0 Å². The Morgan fingerprint density at radius 2 is 1.83 bits per heavy atom. The largest absolute Gasteiger partial charge is 0.490 e. The van der Waals surface area contributed by atoms with Gasteiger partial charge >= 0.3 is 0 Å². The Morgan fingerprint density at radius 3 is 2.50 bits per heavy atom. The van der Waals surface area contributed by atoms with Crippen molar-refractivity contribution in [3.63, 3.8) is 0 Å². The zero-order valence-corrected chi connectivity index (χ0v) is 13.0. The van der Waals surface area contributed by atoms with Gasteiger partial charge in [-0.3, -0.25) is 0 Å². The van der Waals surface area contributed by atoms with Crippen LogP contribution in [0.25, 0.3) is 0 Å². The van der Waals surface area contributed by atoms with E-state index in [1.54, 1.807) is 0 Å². The van der Waals surface area contributed by atoms with Gasteiger partial charge in [0.25, 0.3) is 0 Å². The number of halogens is 1. The Labute approximate surface area is 119 Å². The summed E-state index contributed by atoms with van der Waals surface area (Å²) in [4.78, 5) is 0. The minimum Gasteiger partial charge on any atom is -0.490 e. The summed E-state index contributed by atoms with van der Waals surface area (Å²) in [5.41, 5.74) is 1.21. The van der Waals surface area contributed by atoms with Crippen LogP contribution in [0.1, 0.15) is 45.1 Å². The topological polar surface area (TPSA) is 18.5 Å². The molecule has 3 heteroatoms. The van der Waals surface area contributed by atoms with E-state index in [9.17, 15) is 0 Å². The lowest BCUT2D eigenvalue weighted by molar-refractivity contribution is 0.270. The summed E-state index contributed by atoms with van der Waals surface area (Å²) in [6.45, 7) is 5.64. The zero-order chi connectivity index (χ0) is 13.2. The van der Waals surface area contributed by atoms with Crippen LogP contribution >= 0.6 is 15.9 Å². The van der Waals surface area contributed by atoms with Crippen molar-refractivity contribution >= 4 is 15.9 Å². The molecule has 0 saturated carbocycles. The van der Waals surface area contributed by atoms with Gasteiger partial charge in [-0.25, -0.2) is 0 Å². The Bertz CT molecular complexity index is 339. The van der Waals surface area contributed by atoms with Gasteiger partial charge in [-0.1, -0.05) is 48.2 Å². The molecule has 0 aliphatic carbocycles. The van der Waals surface area contributed by atoms with Crippen molar-refractivity contribution < 1.29 is 9.47 Å². The third kappa shape index (κ3) is 5.30. The van der Waals surface area contributed by atoms with Crippen molar-refractivity contribution in [1.82, 2.24) is 0 Å². The Morgan fingerprint density at radius 1 is 1.00 bits per heavy atom. The van der Waals surface area contributed by atoms with Gasteiger partial charge in [-0.15, -0.1) is 0 Å². The normalized spacial score (nSPS) is 10.4. The summed E-state index contributed by atoms with van der Waals surface area (Å²) >= 11 is 3.45. The second-order valence-electron chi connectivity index (χ2n) is 4.26. The van der Waals surface area contributed by atoms with E-state index in [1.165, 1.54) is 24.8 Å². The van der Waals surface area contributed by atoms with Gasteiger partial charge in [0.05, 0.1) is 13.2 Å². The van der Waals surface area contributed by atoms with E-state index in [4.69, 9.17) is 9.47 Å². The number of hydrogen-bond donors (Lipinski definition) is 0. The summed E-state index contributed by atoms with van der Waals surface area (Å²) in [7, 11) is 0. The molecule has 0 N–H and O–H groups in total. The SMILES string of the molecule is CCCCCCOc1ccc(CBr)cc1OCC. The Hall–Kier alpha value is -0.700. The standard InChI is InChI=1S/C15H23BrO2/c1-3-5-6-7-10-18-14-9-8-13(12-16)11-15(14)17-4-2/h8-9,11H,3-7,10,12H2,1-2H3. The molecule has 1 aromatic rings. The first-order valence-corrected chi connectivity index (χ1v) is 7.88. The number of unbranched alkanes of at least 4 members (excludes halogenated alkanes) is 3. The van der Waals surface area contributed by atoms with Crippen molar-refractivity contribution in [3.8, 4) is 11.5 Å². The van der Waals surface area contributed by atoms with Crippen LogP contribution < -0.4 is 9.47 Å². The molecule has 18 heavy (non-hydrogen) atoms. The van der Waals surface area contributed by atoms with E-state index < -0.39 is 0 Å². The van der Waals surface area contributed by atoms with Gasteiger partial charge in [0.15, 0.2) is 11.5 Å². The van der Waals surface area contributed by atoms with Crippen LogP contribution in [0.3, 0.4) is 0 Å². The average Bonchev–Trinajstić information content (AvgIpc) is 2.40. The molecule has 0 amide bonds. The minimum absolute atomic E-state index is 0.665. The summed E-state index contributed by atoms with van der Waals surface area (Å²) in [5.74, 6) is 1.71. The first-order chi connectivity index (χ1) is 8.81. The van der Waals surface area contributed by atoms with Crippen molar-refractivity contribution in [2.45, 2.75) is 44.9 Å². The van der Waals surface area contributed by atoms with E-state index in [0.29, 0.717) is 6.61 Å². The molecule has 0 radical (unpaired) electrons. The quantitative estimate of drug-likeness (QED) is 0.475. The lowest BCUT2D eigenvalue weighted by atomic mass is 10.2. The number of hydrogen-bond acceptors (Lipinski definition) is 2. The molecule has 102 valence electrons. The van der Waals surface area contributed by atoms with Gasteiger partial charge in [0.1, 0.15) is 0 Å². The van der Waals surface area contributed by atoms with Gasteiger partial charge in [-0.2, -0.15) is 0 Å². The van der Waals surface area contributed by atoms with Gasteiger partial charge < -0.3 is 9.47 Å². The third-order valence-electron chi connectivity index (χ3n) is 2.72. The van der Waals surface area contributed by atoms with Crippen LogP contribution in [0, 0.1) is 0 Å². The highest BCUT2D eigenvalue weighted by Gasteiger charge is 2.05. The summed E-state index contributed by atoms with van der Waals surface area (Å²) < 4.78 is 11.4. The van der Waals surface area contributed by atoms with Crippen LogP contribution in [-0.4, -0.2) is 13.2 Å². The van der Waals surface area contributed by atoms with E-state index in [1.807, 2.05) is 19.1 Å². The monoisotopic (exact) mass is 314 g/mol. The predicted molar refractivity (Wildman–Crippen MR) is 79.9 cm³/mol. The number of benzene rings is 1. The zero-order valence-electron chi connectivity index (χ0n) is 11.4. The van der Waals surface area contributed by atoms with Crippen molar-refractivity contribution in [2.75, 3.05) is 13.2 Å². The second kappa shape index (κ2) is 9.26. The fourth-order valence-corrected chi connectivity index (χ4v) is 2.08. The van der Waals surface area contributed by atoms with Gasteiger partial charge in [0, 0.05) is 5.33 Å². The highest BCUT2D eigenvalue weighted by Crippen LogP contribution is 2.29. The summed E-state index contributed by atoms with van der Waals surface area (Å²) in [6, 6.07) is 6.11. The minimum atomic E-state index is 0.665. The molecule has 0 unspecified atom stereocenters. The van der Waals surface area contributed by atoms with E-state index >= 15 is 0 Å². The lowest BCUT2D eigenvalue weighted by Crippen LogP contribution is -2.01. The predicted octanol–water partition coefficient (Wildman–Crippen LogP) is 4.94. The second-order valence-corrected chi connectivity index (χ2v) is 4.82. The summed E-state index contributed by atoms with van der Waals surface area (Å²) in [6.07, 6.45) is 4.88. The fraction of sp³-hybridized carbons (Fsp3) is 0.600. The van der Waals surface area contributed by atoms with Crippen LogP contribution in [0.15, 0.2) is 18.2 Å². The van der Waals surface area contributed by atoms with Crippen LogP contribution in [0.2, 0.25) is 0 Å². The molecule has 1 aromatic carbocycles.